The first-order chi connectivity index (χ1) is 67.1. The van der Waals surface area contributed by atoms with Crippen LogP contribution in [0.5, 0.6) is 0 Å². The number of hydrogen-bond acceptors (Lipinski definition) is 34. The summed E-state index contributed by atoms with van der Waals surface area (Å²) in [5.41, 5.74) is 13.0. The van der Waals surface area contributed by atoms with Crippen LogP contribution in [-0.2, 0) is 153 Å². The molecule has 0 bridgehead atoms. The molecule has 0 saturated heterocycles. The molecular weight excluding hydrogens is 1880 g/mol. The molecule has 0 aliphatic carbocycles. The molecule has 2 aromatic carbocycles. The molecule has 2 aliphatic rings. The third-order valence-electron chi connectivity index (χ3n) is 20.5. The van der Waals surface area contributed by atoms with E-state index < -0.39 is 68.1 Å². The Morgan fingerprint density at radius 3 is 1.20 bits per heavy atom. The maximum absolute atomic E-state index is 14.3. The van der Waals surface area contributed by atoms with Crippen LogP contribution in [0, 0.1) is 6.92 Å². The number of ether oxygens (including phenoxy) is 24. The summed E-state index contributed by atoms with van der Waals surface area (Å²) < 4.78 is 245. The quantitative estimate of drug-likeness (QED) is 0.00909. The van der Waals surface area contributed by atoms with Gasteiger partial charge < -0.3 is 125 Å². The molecule has 36 nitrogen and oxygen atoms in total. The average molecular weight is 2030 g/mol. The molecule has 2 aliphatic heterocycles. The molecule has 0 radical (unpaired) electrons. The number of carboxylic acid groups (broad SMARTS) is 1. The van der Waals surface area contributed by atoms with Crippen molar-refractivity contribution >= 4 is 52.6 Å². The van der Waals surface area contributed by atoms with Crippen molar-refractivity contribution < 1.29 is 192 Å². The lowest BCUT2D eigenvalue weighted by atomic mass is 9.81. The molecule has 0 spiro atoms. The maximum atomic E-state index is 14.3. The number of carboxylic acids is 1. The number of unbranched alkanes of at least 4 members (excludes halogenated alkanes) is 4. The zero-order valence-corrected chi connectivity index (χ0v) is 82.1. The van der Waals surface area contributed by atoms with Gasteiger partial charge in [0.05, 0.1) is 295 Å². The lowest BCUT2D eigenvalue weighted by molar-refractivity contribution is -0.499. The van der Waals surface area contributed by atoms with E-state index in [4.69, 9.17) is 120 Å². The second kappa shape index (κ2) is 77.5. The number of alkyl halides is 8. The zero-order chi connectivity index (χ0) is 101. The van der Waals surface area contributed by atoms with E-state index in [1.54, 1.807) is 0 Å². The topological polar surface area (TPSA) is 393 Å². The highest BCUT2D eigenvalue weighted by molar-refractivity contribution is 7.94. The standard InChI is InChI=1S/C94H150F8N4O32S/c1-77-23-25-82-80(75-77)89(2,3)84(19-10-6-11-20-85-90(4,5)81-76-79(139-138-137-112)24-26-83(81)106(85)30-14-8-12-22-87(109)110)105(82)29-13-7-9-17-78(107)18-15-31-113-35-39-117-43-47-121-51-55-125-59-63-129-67-71-133-72-68-130-64-60-126-56-52-122-48-44-118-40-36-114-32-16-21-86(108)91(95,96)135-93(99,100)94(101,102)136-92(97,98)88(111)104-28-34-116-38-42-120-46-50-124-54-58-128-62-66-132-70-74-134-73-69-131-65-61-127-57-53-123-49-45-119-41-37-115-33-27-103/h6,10-11,19-20,23-26,75-76H,7-9,12-18,21-22,27-74,103H2,1-5H3,(H2-,104,109,110,111,112)/p+1. The number of ketones is 2. The van der Waals surface area contributed by atoms with Gasteiger partial charge in [-0.1, -0.05) is 61.2 Å². The van der Waals surface area contributed by atoms with E-state index in [0.717, 1.165) is 79.1 Å². The largest absolute Gasteiger partial charge is 0.481 e. The minimum absolute atomic E-state index is 0.00212. The summed E-state index contributed by atoms with van der Waals surface area (Å²) in [5.74, 6) is -5.60. The molecule has 4 rings (SSSR count). The maximum Gasteiger partial charge on any atom is 0.453 e. The van der Waals surface area contributed by atoms with Gasteiger partial charge in [-0.05, 0) is 89.1 Å². The van der Waals surface area contributed by atoms with Gasteiger partial charge in [0.2, 0.25) is 11.5 Å². The van der Waals surface area contributed by atoms with E-state index in [-0.39, 0.29) is 109 Å². The number of allylic oxidation sites excluding steroid dienone is 6. The fourth-order valence-electron chi connectivity index (χ4n) is 13.4. The molecule has 0 atom stereocenters. The van der Waals surface area contributed by atoms with Crippen molar-refractivity contribution in [2.45, 2.75) is 152 Å². The van der Waals surface area contributed by atoms with Crippen LogP contribution >= 0.6 is 12.0 Å². The number of Topliss-reactive ketones (excluding diaryl/α,β-unsaturated/α-hetero) is 2. The fourth-order valence-corrected chi connectivity index (χ4v) is 13.8. The first kappa shape index (κ1) is 125. The van der Waals surface area contributed by atoms with Crippen molar-refractivity contribution in [3.05, 3.63) is 89.2 Å². The Balaban J connectivity index is 0.849. The van der Waals surface area contributed by atoms with Gasteiger partial charge in [0, 0.05) is 104 Å². The number of amides is 1. The Morgan fingerprint density at radius 1 is 0.417 bits per heavy atom. The van der Waals surface area contributed by atoms with Gasteiger partial charge in [0.15, 0.2) is 5.71 Å². The molecule has 800 valence electrons. The van der Waals surface area contributed by atoms with Gasteiger partial charge in [0.1, 0.15) is 12.3 Å². The third-order valence-corrected chi connectivity index (χ3v) is 21.1. The molecule has 45 heteroatoms. The first-order valence-corrected chi connectivity index (χ1v) is 48.1. The van der Waals surface area contributed by atoms with Gasteiger partial charge >= 0.3 is 36.3 Å². The van der Waals surface area contributed by atoms with E-state index in [1.165, 1.54) is 27.8 Å². The van der Waals surface area contributed by atoms with Gasteiger partial charge in [-0.2, -0.15) is 39.7 Å². The number of fused-ring (bicyclic) bond motifs is 2. The minimum atomic E-state index is -6.55. The number of nitrogens with two attached hydrogens (primary N) is 1. The van der Waals surface area contributed by atoms with Crippen LogP contribution in [0.25, 0.3) is 0 Å². The molecule has 0 aromatic heterocycles. The summed E-state index contributed by atoms with van der Waals surface area (Å²) in [6, 6.07) is 12.7. The smallest absolute Gasteiger partial charge is 0.453 e. The van der Waals surface area contributed by atoms with Gasteiger partial charge in [0.25, 0.3) is 0 Å². The number of nitrogens with zero attached hydrogens (tertiary/aromatic N) is 2. The number of hydrogen-bond donors (Lipinski definition) is 4. The second-order valence-corrected chi connectivity index (χ2v) is 32.9. The molecule has 1 amide bonds. The van der Waals surface area contributed by atoms with E-state index >= 15 is 0 Å². The van der Waals surface area contributed by atoms with Crippen molar-refractivity contribution in [3.8, 4) is 0 Å². The van der Waals surface area contributed by atoms with Crippen molar-refractivity contribution in [1.29, 1.82) is 0 Å². The number of rotatable bonds is 98. The lowest BCUT2D eigenvalue weighted by Gasteiger charge is -2.30. The number of halogens is 8. The molecule has 5 N–H and O–H groups in total. The number of nitrogens with one attached hydrogen (secondary N) is 1. The van der Waals surface area contributed by atoms with Crippen LogP contribution in [0.2, 0.25) is 0 Å². The lowest BCUT2D eigenvalue weighted by Crippen LogP contribution is -2.56. The van der Waals surface area contributed by atoms with Gasteiger partial charge in [-0.15, -0.1) is 4.33 Å². The van der Waals surface area contributed by atoms with E-state index in [2.05, 4.69) is 107 Å². The van der Waals surface area contributed by atoms with Crippen molar-refractivity contribution in [1.82, 2.24) is 5.32 Å². The molecule has 2 heterocycles. The van der Waals surface area contributed by atoms with Gasteiger partial charge in [-0.25, -0.2) is 14.7 Å². The highest BCUT2D eigenvalue weighted by atomic mass is 32.2. The number of aryl methyl sites for hydroxylation is 1. The Morgan fingerprint density at radius 2 is 0.791 bits per heavy atom. The monoisotopic (exact) mass is 2030 g/mol. The summed E-state index contributed by atoms with van der Waals surface area (Å²) in [4.78, 5) is 51.0. The van der Waals surface area contributed by atoms with Crippen LogP contribution in [0.15, 0.2) is 77.4 Å². The van der Waals surface area contributed by atoms with Crippen molar-refractivity contribution in [2.24, 2.45) is 5.73 Å². The number of benzene rings is 2. The summed E-state index contributed by atoms with van der Waals surface area (Å²) in [6.45, 7) is 25.1. The van der Waals surface area contributed by atoms with E-state index in [0.29, 0.717) is 230 Å². The summed E-state index contributed by atoms with van der Waals surface area (Å²) >= 11 is 0.924. The molecule has 0 fully saturated rings. The number of aliphatic carboxylic acids is 1. The Hall–Kier alpha value is -5.92. The molecule has 2 aromatic rings. The molecule has 0 saturated carbocycles. The normalized spacial score (nSPS) is 14.2. The van der Waals surface area contributed by atoms with Crippen LogP contribution in [0.1, 0.15) is 121 Å². The summed E-state index contributed by atoms with van der Waals surface area (Å²) in [6.07, 6.45) is -8.79. The number of carbonyl (C=O) groups is 4. The Labute approximate surface area is 815 Å². The van der Waals surface area contributed by atoms with Crippen LogP contribution in [-0.4, -0.2) is 385 Å². The van der Waals surface area contributed by atoms with Crippen molar-refractivity contribution in [3.63, 3.8) is 0 Å². The minimum Gasteiger partial charge on any atom is -0.481 e. The number of carbonyl (C=O) groups excluding carboxylic acids is 3. The highest BCUT2D eigenvalue weighted by Crippen LogP contribution is 2.49. The molecule has 0 unspecified atom stereocenters. The molecule has 139 heavy (non-hydrogen) atoms. The zero-order valence-electron chi connectivity index (χ0n) is 81.3. The highest BCUT2D eigenvalue weighted by Gasteiger charge is 2.69. The van der Waals surface area contributed by atoms with E-state index in [9.17, 15) is 59.4 Å². The summed E-state index contributed by atoms with van der Waals surface area (Å²) in [5, 5.41) is 23.2. The summed E-state index contributed by atoms with van der Waals surface area (Å²) in [7, 11) is 0. The van der Waals surface area contributed by atoms with Gasteiger partial charge in [-0.3, -0.25) is 19.2 Å². The van der Waals surface area contributed by atoms with Crippen LogP contribution < -0.4 is 16.0 Å². The van der Waals surface area contributed by atoms with Crippen LogP contribution in [0.4, 0.5) is 46.5 Å². The first-order valence-electron chi connectivity index (χ1n) is 47.4. The molecular formula is C94H151F8N4O32S+. The predicted molar refractivity (Wildman–Crippen MR) is 493 cm³/mol. The Bertz CT molecular complexity index is 3680. The van der Waals surface area contributed by atoms with E-state index in [1.807, 2.05) is 18.2 Å². The SMILES string of the molecule is Cc1ccc2c(c1)C(C)(C)/C(=C/C=C/C=C/C1=[N+](CCCCCC(=O)O)c3ccc(SOOO)cc3C1(C)C)N2CCCCCC(=O)CCCOCCOCCOCCOCCOCCOCCOCCOCCOCCOCCOCCCC(=O)C(F)(F)OC(F)(F)C(F)(F)OC(F)(F)C(=O)NCCOCCOCCOCCOCCOCCOCCOCCOCCOCCOCCOCCN. The predicted octanol–water partition coefficient (Wildman–Crippen LogP) is 11.3. The Kier molecular flexibility index (Phi) is 69.9. The van der Waals surface area contributed by atoms with Crippen molar-refractivity contribution in [2.75, 3.05) is 322 Å². The fraction of sp³-hybridized carbons (Fsp3) is 0.755. The second-order valence-electron chi connectivity index (χ2n) is 32.1. The third kappa shape index (κ3) is 57.0. The average Bonchev–Trinajstić information content (AvgIpc) is 1.61. The van der Waals surface area contributed by atoms with Crippen LogP contribution in [0.3, 0.4) is 0 Å². The number of anilines is 1.